The molecule has 2 aromatic rings. The fourth-order valence-electron chi connectivity index (χ4n) is 2.53. The number of aryl methyl sites for hydroxylation is 2. The first-order valence-corrected chi connectivity index (χ1v) is 7.35. The van der Waals surface area contributed by atoms with Crippen LogP contribution in [0.4, 0.5) is 0 Å². The van der Waals surface area contributed by atoms with E-state index >= 15 is 0 Å². The zero-order valence-corrected chi connectivity index (χ0v) is 12.9. The molecule has 0 aliphatic carbocycles. The summed E-state index contributed by atoms with van der Waals surface area (Å²) in [6.45, 7) is 4.77. The summed E-state index contributed by atoms with van der Waals surface area (Å²) in [4.78, 5) is 33.5. The van der Waals surface area contributed by atoms with Crippen molar-refractivity contribution in [1.82, 2.24) is 25.1 Å². The molecule has 120 valence electrons. The predicted octanol–water partition coefficient (Wildman–Crippen LogP) is 0.470. The highest BCUT2D eigenvalue weighted by atomic mass is 16.5. The summed E-state index contributed by atoms with van der Waals surface area (Å²) in [5, 5.41) is 6.02. The molecule has 8 nitrogen and oxygen atoms in total. The van der Waals surface area contributed by atoms with Gasteiger partial charge in [-0.1, -0.05) is 0 Å². The van der Waals surface area contributed by atoms with Gasteiger partial charge in [0.2, 0.25) is 0 Å². The van der Waals surface area contributed by atoms with Crippen LogP contribution < -0.4 is 10.3 Å². The minimum absolute atomic E-state index is 0.150. The molecule has 1 atom stereocenters. The maximum absolute atomic E-state index is 12.3. The second-order valence-electron chi connectivity index (χ2n) is 5.52. The number of rotatable bonds is 3. The van der Waals surface area contributed by atoms with Crippen LogP contribution in [0.2, 0.25) is 0 Å². The number of carbonyl (C=O) groups is 1. The molecule has 0 aromatic carbocycles. The number of aromatic amines is 1. The number of likely N-dealkylation sites (tertiary alicyclic amines) is 1. The first-order chi connectivity index (χ1) is 11.0. The van der Waals surface area contributed by atoms with Crippen molar-refractivity contribution in [2.75, 3.05) is 13.1 Å². The van der Waals surface area contributed by atoms with Crippen molar-refractivity contribution in [1.29, 1.82) is 0 Å². The molecule has 1 fully saturated rings. The zero-order valence-electron chi connectivity index (χ0n) is 12.9. The van der Waals surface area contributed by atoms with Crippen LogP contribution in [0.25, 0.3) is 0 Å². The fraction of sp³-hybridized carbons (Fsp3) is 0.400. The van der Waals surface area contributed by atoms with E-state index in [2.05, 4.69) is 20.2 Å². The monoisotopic (exact) mass is 315 g/mol. The Hall–Kier alpha value is -2.77. The van der Waals surface area contributed by atoms with Gasteiger partial charge in [0.05, 0.1) is 6.54 Å². The summed E-state index contributed by atoms with van der Waals surface area (Å²) in [7, 11) is 0. The van der Waals surface area contributed by atoms with E-state index in [9.17, 15) is 9.59 Å². The summed E-state index contributed by atoms with van der Waals surface area (Å²) in [5.41, 5.74) is 1.57. The molecule has 2 aromatic heterocycles. The average molecular weight is 315 g/mol. The molecule has 23 heavy (non-hydrogen) atoms. The van der Waals surface area contributed by atoms with E-state index in [0.717, 1.165) is 11.4 Å². The van der Waals surface area contributed by atoms with Crippen molar-refractivity contribution in [3.8, 4) is 6.01 Å². The number of H-pyrrole nitrogens is 1. The second kappa shape index (κ2) is 6.15. The molecule has 1 saturated heterocycles. The smallest absolute Gasteiger partial charge is 0.317 e. The van der Waals surface area contributed by atoms with Crippen molar-refractivity contribution in [3.63, 3.8) is 0 Å². The van der Waals surface area contributed by atoms with Gasteiger partial charge < -0.3 is 9.64 Å². The van der Waals surface area contributed by atoms with E-state index in [1.165, 1.54) is 12.1 Å². The van der Waals surface area contributed by atoms with Crippen molar-refractivity contribution in [2.45, 2.75) is 26.4 Å². The van der Waals surface area contributed by atoms with E-state index in [4.69, 9.17) is 4.74 Å². The highest BCUT2D eigenvalue weighted by Crippen LogP contribution is 2.17. The number of ether oxygens (including phenoxy) is 1. The van der Waals surface area contributed by atoms with Crippen LogP contribution in [0.15, 0.2) is 23.0 Å². The molecule has 8 heteroatoms. The maximum Gasteiger partial charge on any atom is 0.317 e. The lowest BCUT2D eigenvalue weighted by molar-refractivity contribution is 0.0762. The van der Waals surface area contributed by atoms with Crippen LogP contribution in [0.5, 0.6) is 6.01 Å². The van der Waals surface area contributed by atoms with Gasteiger partial charge in [-0.3, -0.25) is 9.59 Å². The molecule has 0 radical (unpaired) electrons. The van der Waals surface area contributed by atoms with Gasteiger partial charge >= 0.3 is 6.01 Å². The van der Waals surface area contributed by atoms with Gasteiger partial charge in [-0.25, -0.2) is 15.1 Å². The van der Waals surface area contributed by atoms with Crippen molar-refractivity contribution < 1.29 is 9.53 Å². The molecule has 3 rings (SSSR count). The highest BCUT2D eigenvalue weighted by Gasteiger charge is 2.29. The number of nitrogens with zero attached hydrogens (tertiary/aromatic N) is 4. The van der Waals surface area contributed by atoms with E-state index < -0.39 is 0 Å². The lowest BCUT2D eigenvalue weighted by Crippen LogP contribution is -2.32. The van der Waals surface area contributed by atoms with Gasteiger partial charge in [-0.15, -0.1) is 0 Å². The molecule has 0 bridgehead atoms. The third kappa shape index (κ3) is 3.53. The summed E-state index contributed by atoms with van der Waals surface area (Å²) in [6, 6.07) is 4.92. The zero-order chi connectivity index (χ0) is 16.4. The molecular formula is C15H17N5O3. The normalized spacial score (nSPS) is 17.3. The number of aromatic nitrogens is 4. The Morgan fingerprint density at radius 2 is 2.04 bits per heavy atom. The average Bonchev–Trinajstić information content (AvgIpc) is 2.94. The molecule has 0 unspecified atom stereocenters. The minimum Gasteiger partial charge on any atom is -0.458 e. The quantitative estimate of drug-likeness (QED) is 0.883. The standard InChI is InChI=1S/C15H17N5O3/c1-9-7-10(2)17-15(16-9)23-11-5-6-20(8-11)14(22)12-3-4-13(21)19-18-12/h3-4,7,11H,5-6,8H2,1-2H3,(H,19,21)/t11-/m0/s1. The Morgan fingerprint density at radius 1 is 1.30 bits per heavy atom. The van der Waals surface area contributed by atoms with E-state index in [1.54, 1.807) is 4.90 Å². The van der Waals surface area contributed by atoms with Gasteiger partial charge in [0.25, 0.3) is 11.5 Å². The third-order valence-corrected chi connectivity index (χ3v) is 3.56. The van der Waals surface area contributed by atoms with E-state index in [1.807, 2.05) is 19.9 Å². The first kappa shape index (κ1) is 15.1. The van der Waals surface area contributed by atoms with Crippen molar-refractivity contribution in [3.05, 3.63) is 45.6 Å². The maximum atomic E-state index is 12.3. The lowest BCUT2D eigenvalue weighted by Gasteiger charge is -2.16. The molecular weight excluding hydrogens is 298 g/mol. The van der Waals surface area contributed by atoms with Crippen LogP contribution in [0.1, 0.15) is 28.3 Å². The Morgan fingerprint density at radius 3 is 2.70 bits per heavy atom. The predicted molar refractivity (Wildman–Crippen MR) is 81.3 cm³/mol. The van der Waals surface area contributed by atoms with Crippen molar-refractivity contribution >= 4 is 5.91 Å². The topological polar surface area (TPSA) is 101 Å². The van der Waals surface area contributed by atoms with Crippen LogP contribution in [-0.4, -0.2) is 50.2 Å². The van der Waals surface area contributed by atoms with Crippen LogP contribution in [0, 0.1) is 13.8 Å². The van der Waals surface area contributed by atoms with Crippen LogP contribution in [0.3, 0.4) is 0 Å². The SMILES string of the molecule is Cc1cc(C)nc(O[C@H]2CCN(C(=O)c3ccc(=O)[nH]n3)C2)n1. The molecule has 0 spiro atoms. The van der Waals surface area contributed by atoms with Crippen molar-refractivity contribution in [2.24, 2.45) is 0 Å². The summed E-state index contributed by atoms with van der Waals surface area (Å²) in [6.07, 6.45) is 0.550. The fourth-order valence-corrected chi connectivity index (χ4v) is 2.53. The summed E-state index contributed by atoms with van der Waals surface area (Å²) < 4.78 is 5.78. The highest BCUT2D eigenvalue weighted by molar-refractivity contribution is 5.92. The molecule has 1 N–H and O–H groups in total. The van der Waals surface area contributed by atoms with Crippen LogP contribution in [-0.2, 0) is 0 Å². The molecule has 1 aliphatic heterocycles. The van der Waals surface area contributed by atoms with Gasteiger partial charge in [-0.05, 0) is 26.0 Å². The largest absolute Gasteiger partial charge is 0.458 e. The van der Waals surface area contributed by atoms with Crippen LogP contribution >= 0.6 is 0 Å². The molecule has 0 saturated carbocycles. The minimum atomic E-state index is -0.337. The number of hydrogen-bond donors (Lipinski definition) is 1. The first-order valence-electron chi connectivity index (χ1n) is 7.35. The lowest BCUT2D eigenvalue weighted by atomic mass is 10.3. The number of hydrogen-bond acceptors (Lipinski definition) is 6. The van der Waals surface area contributed by atoms with Gasteiger partial charge in [0.1, 0.15) is 11.8 Å². The van der Waals surface area contributed by atoms with Gasteiger partial charge in [0, 0.05) is 30.4 Å². The van der Waals surface area contributed by atoms with Gasteiger partial charge in [-0.2, -0.15) is 5.10 Å². The molecule has 1 amide bonds. The Labute approximate surface area is 132 Å². The number of nitrogens with one attached hydrogen (secondary N) is 1. The second-order valence-corrected chi connectivity index (χ2v) is 5.52. The number of amides is 1. The van der Waals surface area contributed by atoms with E-state index in [0.29, 0.717) is 25.5 Å². The summed E-state index contributed by atoms with van der Waals surface area (Å²) in [5.74, 6) is -0.228. The molecule has 3 heterocycles. The summed E-state index contributed by atoms with van der Waals surface area (Å²) >= 11 is 0. The Balaban J connectivity index is 1.65. The third-order valence-electron chi connectivity index (χ3n) is 3.56. The Bertz CT molecular complexity index is 748. The van der Waals surface area contributed by atoms with E-state index in [-0.39, 0.29) is 23.3 Å². The molecule has 1 aliphatic rings. The Kier molecular flexibility index (Phi) is 4.05. The number of carbonyl (C=O) groups excluding carboxylic acids is 1. The van der Waals surface area contributed by atoms with Gasteiger partial charge in [0.15, 0.2) is 0 Å².